The minimum Gasteiger partial charge on any atom is -0.481 e. The van der Waals surface area contributed by atoms with Gasteiger partial charge in [-0.15, -0.1) is 0 Å². The second kappa shape index (κ2) is 5.79. The molecule has 3 nitrogen and oxygen atoms in total. The lowest BCUT2D eigenvalue weighted by Gasteiger charge is -2.11. The molecule has 0 radical (unpaired) electrons. The fourth-order valence-corrected chi connectivity index (χ4v) is 1.98. The maximum atomic E-state index is 13.2. The highest BCUT2D eigenvalue weighted by Gasteiger charge is 2.12. The van der Waals surface area contributed by atoms with Gasteiger partial charge in [0.05, 0.1) is 6.42 Å². The highest BCUT2D eigenvalue weighted by Crippen LogP contribution is 2.25. The van der Waals surface area contributed by atoms with E-state index in [0.29, 0.717) is 16.7 Å². The number of carbonyl (C=O) groups is 1. The molecule has 0 heterocycles. The van der Waals surface area contributed by atoms with Gasteiger partial charge in [0.1, 0.15) is 11.6 Å². The highest BCUT2D eigenvalue weighted by molar-refractivity contribution is 5.69. The Morgan fingerprint density at radius 1 is 1.10 bits per heavy atom. The summed E-state index contributed by atoms with van der Waals surface area (Å²) in [7, 11) is 0. The van der Waals surface area contributed by atoms with Crippen LogP contribution in [0.25, 0.3) is 11.1 Å². The maximum Gasteiger partial charge on any atom is 0.305 e. The number of rotatable bonds is 4. The van der Waals surface area contributed by atoms with Gasteiger partial charge in [-0.25, -0.2) is 8.78 Å². The predicted molar refractivity (Wildman–Crippen MR) is 71.0 cm³/mol. The molecule has 0 saturated carbocycles. The van der Waals surface area contributed by atoms with Gasteiger partial charge in [-0.1, -0.05) is 18.2 Å². The number of benzene rings is 2. The summed E-state index contributed by atoms with van der Waals surface area (Å²) in [5.74, 6) is -2.33. The van der Waals surface area contributed by atoms with E-state index in [9.17, 15) is 13.6 Å². The summed E-state index contributed by atoms with van der Waals surface area (Å²) in [6, 6.07) is 9.25. The second-order valence-electron chi connectivity index (χ2n) is 4.49. The normalized spacial score (nSPS) is 12.2. The number of carboxylic acids is 1. The van der Waals surface area contributed by atoms with Crippen molar-refractivity contribution in [1.29, 1.82) is 0 Å². The number of hydrogen-bond acceptors (Lipinski definition) is 2. The fraction of sp³-hybridized carbons (Fsp3) is 0.133. The van der Waals surface area contributed by atoms with E-state index in [1.165, 1.54) is 12.1 Å². The Balaban J connectivity index is 2.36. The third-order valence-corrected chi connectivity index (χ3v) is 2.91. The van der Waals surface area contributed by atoms with Gasteiger partial charge >= 0.3 is 5.97 Å². The first kappa shape index (κ1) is 14.1. The molecule has 5 heteroatoms. The van der Waals surface area contributed by atoms with E-state index in [-0.39, 0.29) is 6.42 Å². The van der Waals surface area contributed by atoms with Crippen molar-refractivity contribution in [2.45, 2.75) is 12.5 Å². The number of aliphatic carboxylic acids is 1. The average Bonchev–Trinajstić information content (AvgIpc) is 2.37. The zero-order valence-corrected chi connectivity index (χ0v) is 10.5. The third kappa shape index (κ3) is 3.39. The van der Waals surface area contributed by atoms with Gasteiger partial charge in [-0.3, -0.25) is 4.79 Å². The molecule has 2 aromatic rings. The first-order valence-corrected chi connectivity index (χ1v) is 5.99. The van der Waals surface area contributed by atoms with Crippen LogP contribution in [0.1, 0.15) is 18.0 Å². The molecular weight excluding hydrogens is 264 g/mol. The SMILES string of the molecule is N[C@@H](CC(=O)O)c1cccc(-c2cc(F)cc(F)c2)c1. The summed E-state index contributed by atoms with van der Waals surface area (Å²) in [6.45, 7) is 0. The van der Waals surface area contributed by atoms with Crippen LogP contribution < -0.4 is 5.73 Å². The van der Waals surface area contributed by atoms with Crippen molar-refractivity contribution >= 4 is 5.97 Å². The summed E-state index contributed by atoms with van der Waals surface area (Å²) < 4.78 is 26.4. The molecule has 0 amide bonds. The van der Waals surface area contributed by atoms with Crippen LogP contribution in [0.2, 0.25) is 0 Å². The Morgan fingerprint density at radius 2 is 1.75 bits per heavy atom. The fourth-order valence-electron chi connectivity index (χ4n) is 1.98. The van der Waals surface area contributed by atoms with Crippen molar-refractivity contribution in [3.05, 3.63) is 59.7 Å². The molecule has 3 N–H and O–H groups in total. The molecule has 20 heavy (non-hydrogen) atoms. The van der Waals surface area contributed by atoms with E-state index < -0.39 is 23.6 Å². The summed E-state index contributed by atoms with van der Waals surface area (Å²) in [5, 5.41) is 8.73. The van der Waals surface area contributed by atoms with E-state index in [0.717, 1.165) is 6.07 Å². The number of carboxylic acid groups (broad SMARTS) is 1. The van der Waals surface area contributed by atoms with Crippen molar-refractivity contribution < 1.29 is 18.7 Å². The van der Waals surface area contributed by atoms with Crippen LogP contribution in [0.3, 0.4) is 0 Å². The smallest absolute Gasteiger partial charge is 0.305 e. The van der Waals surface area contributed by atoms with Crippen LogP contribution in [-0.4, -0.2) is 11.1 Å². The number of nitrogens with two attached hydrogens (primary N) is 1. The van der Waals surface area contributed by atoms with E-state index in [1.807, 2.05) is 0 Å². The zero-order valence-electron chi connectivity index (χ0n) is 10.5. The monoisotopic (exact) mass is 277 g/mol. The van der Waals surface area contributed by atoms with Crippen molar-refractivity contribution in [2.75, 3.05) is 0 Å². The number of hydrogen-bond donors (Lipinski definition) is 2. The molecular formula is C15H13F2NO2. The molecule has 0 bridgehead atoms. The summed E-state index contributed by atoms with van der Waals surface area (Å²) in [6.07, 6.45) is -0.207. The Labute approximate surface area is 114 Å². The van der Waals surface area contributed by atoms with Crippen molar-refractivity contribution in [1.82, 2.24) is 0 Å². The van der Waals surface area contributed by atoms with Gasteiger partial charge in [0.2, 0.25) is 0 Å². The summed E-state index contributed by atoms with van der Waals surface area (Å²) >= 11 is 0. The molecule has 0 fully saturated rings. The molecule has 0 saturated heterocycles. The third-order valence-electron chi connectivity index (χ3n) is 2.91. The quantitative estimate of drug-likeness (QED) is 0.902. The first-order chi connectivity index (χ1) is 9.45. The molecule has 0 unspecified atom stereocenters. The minimum absolute atomic E-state index is 0.207. The van der Waals surface area contributed by atoms with E-state index in [2.05, 4.69) is 0 Å². The van der Waals surface area contributed by atoms with Gasteiger partial charge in [0, 0.05) is 12.1 Å². The largest absolute Gasteiger partial charge is 0.481 e. The standard InChI is InChI=1S/C15H13F2NO2/c16-12-5-11(6-13(17)7-12)9-2-1-3-10(4-9)14(18)8-15(19)20/h1-7,14H,8,18H2,(H,19,20)/t14-/m0/s1. The first-order valence-electron chi connectivity index (χ1n) is 5.99. The average molecular weight is 277 g/mol. The van der Waals surface area contributed by atoms with Crippen molar-refractivity contribution in [2.24, 2.45) is 5.73 Å². The molecule has 0 aliphatic heterocycles. The summed E-state index contributed by atoms with van der Waals surface area (Å²) in [5.41, 5.74) is 7.35. The van der Waals surface area contributed by atoms with Gasteiger partial charge in [-0.2, -0.15) is 0 Å². The van der Waals surface area contributed by atoms with Crippen LogP contribution in [0.5, 0.6) is 0 Å². The highest BCUT2D eigenvalue weighted by atomic mass is 19.1. The zero-order chi connectivity index (χ0) is 14.7. The van der Waals surface area contributed by atoms with Gasteiger partial charge in [0.15, 0.2) is 0 Å². The Morgan fingerprint density at radius 3 is 2.35 bits per heavy atom. The van der Waals surface area contributed by atoms with Gasteiger partial charge in [-0.05, 0) is 34.9 Å². The molecule has 104 valence electrons. The number of halogens is 2. The van der Waals surface area contributed by atoms with Crippen LogP contribution in [0, 0.1) is 11.6 Å². The van der Waals surface area contributed by atoms with Crippen LogP contribution in [0.4, 0.5) is 8.78 Å². The lowest BCUT2D eigenvalue weighted by Crippen LogP contribution is -2.14. The Bertz CT molecular complexity index is 623. The molecule has 0 aromatic heterocycles. The lowest BCUT2D eigenvalue weighted by atomic mass is 9.98. The van der Waals surface area contributed by atoms with E-state index in [1.54, 1.807) is 24.3 Å². The van der Waals surface area contributed by atoms with E-state index >= 15 is 0 Å². The molecule has 1 atom stereocenters. The molecule has 2 rings (SSSR count). The van der Waals surface area contributed by atoms with Crippen LogP contribution in [0.15, 0.2) is 42.5 Å². The molecule has 0 aliphatic carbocycles. The Hall–Kier alpha value is -2.27. The van der Waals surface area contributed by atoms with Gasteiger partial charge < -0.3 is 10.8 Å². The predicted octanol–water partition coefficient (Wildman–Crippen LogP) is 3.11. The minimum atomic E-state index is -1.00. The molecule has 0 aliphatic rings. The maximum absolute atomic E-state index is 13.2. The topological polar surface area (TPSA) is 63.3 Å². The van der Waals surface area contributed by atoms with Gasteiger partial charge in [0.25, 0.3) is 0 Å². The molecule has 0 spiro atoms. The van der Waals surface area contributed by atoms with Crippen LogP contribution in [-0.2, 0) is 4.79 Å². The van der Waals surface area contributed by atoms with E-state index in [4.69, 9.17) is 10.8 Å². The molecule has 2 aromatic carbocycles. The Kier molecular flexibility index (Phi) is 4.10. The van der Waals surface area contributed by atoms with Crippen molar-refractivity contribution in [3.8, 4) is 11.1 Å². The van der Waals surface area contributed by atoms with Crippen LogP contribution >= 0.6 is 0 Å². The second-order valence-corrected chi connectivity index (χ2v) is 4.49. The lowest BCUT2D eigenvalue weighted by molar-refractivity contribution is -0.137. The van der Waals surface area contributed by atoms with Crippen molar-refractivity contribution in [3.63, 3.8) is 0 Å². The summed E-state index contributed by atoms with van der Waals surface area (Å²) in [4.78, 5) is 10.6.